The molecular formula is C24H29FN6O3. The summed E-state index contributed by atoms with van der Waals surface area (Å²) in [6.07, 6.45) is 0.394. The minimum Gasteiger partial charge on any atom is -0.497 e. The van der Waals surface area contributed by atoms with Crippen molar-refractivity contribution in [3.05, 3.63) is 54.3 Å². The molecule has 1 N–H and O–H groups in total. The first-order valence-electron chi connectivity index (χ1n) is 10.9. The monoisotopic (exact) mass is 468 g/mol. The summed E-state index contributed by atoms with van der Waals surface area (Å²) in [4.78, 5) is 29.2. The van der Waals surface area contributed by atoms with Crippen LogP contribution >= 0.6 is 0 Å². The van der Waals surface area contributed by atoms with Crippen LogP contribution in [0.3, 0.4) is 0 Å². The summed E-state index contributed by atoms with van der Waals surface area (Å²) in [7, 11) is 1.55. The largest absolute Gasteiger partial charge is 0.497 e. The van der Waals surface area contributed by atoms with Gasteiger partial charge in [-0.05, 0) is 80.9 Å². The van der Waals surface area contributed by atoms with Gasteiger partial charge < -0.3 is 10.1 Å². The Morgan fingerprint density at radius 2 is 1.76 bits per heavy atom. The first-order valence-corrected chi connectivity index (χ1v) is 10.9. The second-order valence-electron chi connectivity index (χ2n) is 8.78. The molecule has 0 fully saturated rings. The number of anilines is 1. The Morgan fingerprint density at radius 3 is 2.32 bits per heavy atom. The third kappa shape index (κ3) is 6.15. The molecule has 0 bridgehead atoms. The lowest BCUT2D eigenvalue weighted by molar-refractivity contribution is -0.128. The lowest BCUT2D eigenvalue weighted by atomic mass is 10.1. The first-order chi connectivity index (χ1) is 16.1. The van der Waals surface area contributed by atoms with Crippen molar-refractivity contribution in [3.8, 4) is 17.1 Å². The molecule has 0 aliphatic rings. The molecule has 3 aromatic rings. The average molecular weight is 469 g/mol. The minimum absolute atomic E-state index is 0.237. The molecule has 0 aliphatic heterocycles. The molecule has 0 aliphatic carbocycles. The quantitative estimate of drug-likeness (QED) is 0.545. The fourth-order valence-electron chi connectivity index (χ4n) is 3.40. The number of carbonyl (C=O) groups is 2. The third-order valence-corrected chi connectivity index (χ3v) is 4.95. The van der Waals surface area contributed by atoms with E-state index in [9.17, 15) is 14.0 Å². The zero-order valence-electron chi connectivity index (χ0n) is 19.9. The lowest BCUT2D eigenvalue weighted by Gasteiger charge is -2.33. The summed E-state index contributed by atoms with van der Waals surface area (Å²) >= 11 is 0. The Labute approximate surface area is 197 Å². The summed E-state index contributed by atoms with van der Waals surface area (Å²) in [6, 6.07) is 11.8. The van der Waals surface area contributed by atoms with Crippen LogP contribution in [0.4, 0.5) is 10.1 Å². The van der Waals surface area contributed by atoms with E-state index >= 15 is 0 Å². The Morgan fingerprint density at radius 1 is 1.12 bits per heavy atom. The number of hydrogen-bond acceptors (Lipinski definition) is 6. The highest BCUT2D eigenvalue weighted by Gasteiger charge is 2.32. The fourth-order valence-corrected chi connectivity index (χ4v) is 3.40. The van der Waals surface area contributed by atoms with E-state index in [2.05, 4.69) is 20.7 Å². The summed E-state index contributed by atoms with van der Waals surface area (Å²) in [5.74, 6) is -0.131. The molecular weight excluding hydrogens is 439 g/mol. The van der Waals surface area contributed by atoms with E-state index in [1.54, 1.807) is 31.4 Å². The second-order valence-corrected chi connectivity index (χ2v) is 8.78. The zero-order chi connectivity index (χ0) is 24.9. The van der Waals surface area contributed by atoms with Crippen molar-refractivity contribution in [2.45, 2.75) is 52.2 Å². The number of benzene rings is 2. The molecule has 1 aromatic heterocycles. The number of ether oxygens (including phenoxy) is 1. The summed E-state index contributed by atoms with van der Waals surface area (Å²) in [5.41, 5.74) is 0.653. The van der Waals surface area contributed by atoms with Gasteiger partial charge in [0.1, 0.15) is 24.2 Å². The molecule has 2 amide bonds. The number of rotatable bonds is 8. The van der Waals surface area contributed by atoms with Gasteiger partial charge in [0.2, 0.25) is 11.7 Å². The number of methoxy groups -OCH3 is 1. The van der Waals surface area contributed by atoms with E-state index in [-0.39, 0.29) is 30.0 Å². The molecule has 0 saturated heterocycles. The smallest absolute Gasteiger partial charge is 0.251 e. The molecule has 34 heavy (non-hydrogen) atoms. The number of nitrogens with zero attached hydrogens (tertiary/aromatic N) is 5. The third-order valence-electron chi connectivity index (χ3n) is 4.95. The van der Waals surface area contributed by atoms with E-state index in [1.807, 2.05) is 27.7 Å². The maximum absolute atomic E-state index is 13.5. The SMILES string of the molecule is CC[C@@H](C(=O)NC(C)(C)C)N(C(=O)Cn1nnc(-c2ccc(F)cc2)n1)c1ccc(OC)cc1. The van der Waals surface area contributed by atoms with E-state index in [4.69, 9.17) is 4.74 Å². The highest BCUT2D eigenvalue weighted by molar-refractivity contribution is 6.00. The predicted molar refractivity (Wildman–Crippen MR) is 126 cm³/mol. The molecule has 0 spiro atoms. The predicted octanol–water partition coefficient (Wildman–Crippen LogP) is 3.21. The van der Waals surface area contributed by atoms with E-state index in [0.29, 0.717) is 23.4 Å². The number of aromatic nitrogens is 4. The van der Waals surface area contributed by atoms with Crippen LogP contribution in [-0.4, -0.2) is 50.7 Å². The number of halogens is 1. The number of nitrogens with one attached hydrogen (secondary N) is 1. The highest BCUT2D eigenvalue weighted by atomic mass is 19.1. The minimum atomic E-state index is -0.750. The molecule has 2 aromatic carbocycles. The number of hydrogen-bond donors (Lipinski definition) is 1. The van der Waals surface area contributed by atoms with Crippen LogP contribution in [0.15, 0.2) is 48.5 Å². The first kappa shape index (κ1) is 24.8. The van der Waals surface area contributed by atoms with Crippen molar-refractivity contribution in [3.63, 3.8) is 0 Å². The van der Waals surface area contributed by atoms with Crippen LogP contribution in [0.5, 0.6) is 5.75 Å². The average Bonchev–Trinajstić information content (AvgIpc) is 3.25. The van der Waals surface area contributed by atoms with Crippen LogP contribution in [0.25, 0.3) is 11.4 Å². The van der Waals surface area contributed by atoms with Gasteiger partial charge in [-0.2, -0.15) is 4.80 Å². The van der Waals surface area contributed by atoms with Crippen LogP contribution in [0, 0.1) is 5.82 Å². The van der Waals surface area contributed by atoms with Gasteiger partial charge in [0, 0.05) is 16.8 Å². The highest BCUT2D eigenvalue weighted by Crippen LogP contribution is 2.24. The lowest BCUT2D eigenvalue weighted by Crippen LogP contribution is -2.54. The summed E-state index contributed by atoms with van der Waals surface area (Å²) in [5, 5.41) is 15.1. The van der Waals surface area contributed by atoms with Crippen LogP contribution in [0.1, 0.15) is 34.1 Å². The van der Waals surface area contributed by atoms with Gasteiger partial charge in [0.15, 0.2) is 0 Å². The maximum Gasteiger partial charge on any atom is 0.251 e. The fraction of sp³-hybridized carbons (Fsp3) is 0.375. The molecule has 10 heteroatoms. The summed E-state index contributed by atoms with van der Waals surface area (Å²) < 4.78 is 18.4. The Hall–Kier alpha value is -3.82. The van der Waals surface area contributed by atoms with Crippen LogP contribution < -0.4 is 15.0 Å². The number of carbonyl (C=O) groups excluding carboxylic acids is 2. The van der Waals surface area contributed by atoms with Crippen molar-refractivity contribution >= 4 is 17.5 Å². The topological polar surface area (TPSA) is 102 Å². The Bertz CT molecular complexity index is 1120. The molecule has 9 nitrogen and oxygen atoms in total. The van der Waals surface area contributed by atoms with Crippen molar-refractivity contribution in [2.75, 3.05) is 12.0 Å². The van der Waals surface area contributed by atoms with Gasteiger partial charge in [-0.3, -0.25) is 14.5 Å². The van der Waals surface area contributed by atoms with E-state index in [1.165, 1.54) is 29.2 Å². The Balaban J connectivity index is 1.89. The normalized spacial score (nSPS) is 12.2. The van der Waals surface area contributed by atoms with Crippen molar-refractivity contribution < 1.29 is 18.7 Å². The molecule has 0 unspecified atom stereocenters. The standard InChI is InChI=1S/C24H29FN6O3/c1-6-20(23(33)26-24(2,3)4)31(18-11-13-19(34-5)14-12-18)21(32)15-30-28-22(27-29-30)16-7-9-17(25)10-8-16/h7-14,20H,6,15H2,1-5H3,(H,26,33)/t20-/m0/s1. The van der Waals surface area contributed by atoms with Gasteiger partial charge in [0.25, 0.3) is 5.91 Å². The van der Waals surface area contributed by atoms with Gasteiger partial charge in [-0.25, -0.2) is 4.39 Å². The number of amides is 2. The molecule has 180 valence electrons. The maximum atomic E-state index is 13.5. The molecule has 0 radical (unpaired) electrons. The van der Waals surface area contributed by atoms with E-state index in [0.717, 1.165) is 4.80 Å². The van der Waals surface area contributed by atoms with E-state index < -0.39 is 11.6 Å². The van der Waals surface area contributed by atoms with Crippen LogP contribution in [0.2, 0.25) is 0 Å². The van der Waals surface area contributed by atoms with Gasteiger partial charge in [0.05, 0.1) is 7.11 Å². The second kappa shape index (κ2) is 10.4. The van der Waals surface area contributed by atoms with Gasteiger partial charge in [-0.15, -0.1) is 10.2 Å². The van der Waals surface area contributed by atoms with Gasteiger partial charge in [-0.1, -0.05) is 6.92 Å². The summed E-state index contributed by atoms with van der Waals surface area (Å²) in [6.45, 7) is 7.25. The van der Waals surface area contributed by atoms with Gasteiger partial charge >= 0.3 is 0 Å². The van der Waals surface area contributed by atoms with Crippen LogP contribution in [-0.2, 0) is 16.1 Å². The number of tetrazole rings is 1. The Kier molecular flexibility index (Phi) is 7.60. The van der Waals surface area contributed by atoms with Crippen molar-refractivity contribution in [1.29, 1.82) is 0 Å². The molecule has 1 heterocycles. The van der Waals surface area contributed by atoms with Crippen molar-refractivity contribution in [2.24, 2.45) is 0 Å². The molecule has 0 saturated carbocycles. The van der Waals surface area contributed by atoms with Crippen molar-refractivity contribution in [1.82, 2.24) is 25.5 Å². The molecule has 1 atom stereocenters. The molecule has 3 rings (SSSR count). The zero-order valence-corrected chi connectivity index (χ0v) is 19.9.